The van der Waals surface area contributed by atoms with Gasteiger partial charge in [0.2, 0.25) is 10.0 Å². The van der Waals surface area contributed by atoms with E-state index in [2.05, 4.69) is 4.72 Å². The summed E-state index contributed by atoms with van der Waals surface area (Å²) in [7, 11) is -3.51. The smallest absolute Gasteiger partial charge is 0.212 e. The van der Waals surface area contributed by atoms with Crippen LogP contribution in [0.5, 0.6) is 0 Å². The molecule has 18 heavy (non-hydrogen) atoms. The molecule has 0 saturated heterocycles. The zero-order valence-corrected chi connectivity index (χ0v) is 10.9. The van der Waals surface area contributed by atoms with E-state index < -0.39 is 22.7 Å². The van der Waals surface area contributed by atoms with Crippen LogP contribution in [0.1, 0.15) is 24.4 Å². The number of rotatable bonds is 8. The van der Waals surface area contributed by atoms with Crippen LogP contribution >= 0.6 is 0 Å². The lowest BCUT2D eigenvalue weighted by Crippen LogP contribution is -2.31. The fourth-order valence-electron chi connectivity index (χ4n) is 1.63. The third-order valence-electron chi connectivity index (χ3n) is 2.49. The molecule has 1 atom stereocenters. The number of alkyl halides is 1. The van der Waals surface area contributed by atoms with Crippen molar-refractivity contribution in [2.75, 3.05) is 19.0 Å². The third kappa shape index (κ3) is 5.12. The van der Waals surface area contributed by atoms with Gasteiger partial charge >= 0.3 is 0 Å². The van der Waals surface area contributed by atoms with Crippen molar-refractivity contribution in [2.24, 2.45) is 0 Å². The summed E-state index contributed by atoms with van der Waals surface area (Å²) in [5, 5.41) is 8.98. The highest BCUT2D eigenvalue weighted by Gasteiger charge is 2.18. The average molecular weight is 275 g/mol. The first-order valence-corrected chi connectivity index (χ1v) is 7.46. The zero-order valence-electron chi connectivity index (χ0n) is 10.0. The Kier molecular flexibility index (Phi) is 6.24. The van der Waals surface area contributed by atoms with Gasteiger partial charge in [-0.15, -0.1) is 0 Å². The van der Waals surface area contributed by atoms with Crippen LogP contribution in [-0.4, -0.2) is 32.6 Å². The maximum absolute atomic E-state index is 12.0. The second-order valence-corrected chi connectivity index (χ2v) is 5.83. The number of sulfonamides is 1. The van der Waals surface area contributed by atoms with E-state index in [1.807, 2.05) is 6.07 Å². The monoisotopic (exact) mass is 275 g/mol. The van der Waals surface area contributed by atoms with Gasteiger partial charge in [0, 0.05) is 12.6 Å². The lowest BCUT2D eigenvalue weighted by molar-refractivity contribution is 0.272. The van der Waals surface area contributed by atoms with Crippen molar-refractivity contribution in [3.8, 4) is 0 Å². The number of benzene rings is 1. The maximum atomic E-state index is 12.0. The SMILES string of the molecule is O=S(=O)(CCCF)N[C@H](CCO)c1ccccc1. The molecule has 0 spiro atoms. The molecule has 0 amide bonds. The van der Waals surface area contributed by atoms with Crippen LogP contribution in [0.4, 0.5) is 4.39 Å². The van der Waals surface area contributed by atoms with Crippen molar-refractivity contribution in [2.45, 2.75) is 18.9 Å². The van der Waals surface area contributed by atoms with Gasteiger partial charge in [0.1, 0.15) is 0 Å². The number of halogens is 1. The molecule has 6 heteroatoms. The summed E-state index contributed by atoms with van der Waals surface area (Å²) in [6.45, 7) is -0.776. The molecular weight excluding hydrogens is 257 g/mol. The minimum absolute atomic E-state index is 0.0179. The molecule has 0 aliphatic carbocycles. The summed E-state index contributed by atoms with van der Waals surface area (Å²) in [5.41, 5.74) is 0.787. The Morgan fingerprint density at radius 3 is 2.50 bits per heavy atom. The van der Waals surface area contributed by atoms with Crippen molar-refractivity contribution >= 4 is 10.0 Å². The minimum atomic E-state index is -3.51. The molecule has 4 nitrogen and oxygen atoms in total. The van der Waals surface area contributed by atoms with E-state index in [1.165, 1.54) is 0 Å². The molecule has 2 N–H and O–H groups in total. The maximum Gasteiger partial charge on any atom is 0.212 e. The number of aliphatic hydroxyl groups is 1. The molecule has 1 rings (SSSR count). The van der Waals surface area contributed by atoms with E-state index in [0.717, 1.165) is 5.56 Å². The molecule has 1 aromatic rings. The van der Waals surface area contributed by atoms with Gasteiger partial charge in [-0.3, -0.25) is 4.39 Å². The molecule has 0 unspecified atom stereocenters. The lowest BCUT2D eigenvalue weighted by Gasteiger charge is -2.18. The van der Waals surface area contributed by atoms with Crippen LogP contribution in [0, 0.1) is 0 Å². The van der Waals surface area contributed by atoms with Crippen LogP contribution in [0.25, 0.3) is 0 Å². The first-order valence-electron chi connectivity index (χ1n) is 5.81. The van der Waals surface area contributed by atoms with E-state index in [-0.39, 0.29) is 18.8 Å². The van der Waals surface area contributed by atoms with Crippen molar-refractivity contribution in [3.63, 3.8) is 0 Å². The van der Waals surface area contributed by atoms with E-state index >= 15 is 0 Å². The predicted octanol–water partition coefficient (Wildman–Crippen LogP) is 1.39. The van der Waals surface area contributed by atoms with Gasteiger partial charge in [0.15, 0.2) is 0 Å². The predicted molar refractivity (Wildman–Crippen MR) is 68.4 cm³/mol. The highest BCUT2D eigenvalue weighted by molar-refractivity contribution is 7.89. The van der Waals surface area contributed by atoms with Crippen LogP contribution < -0.4 is 4.72 Å². The molecular formula is C12H18FNO3S. The van der Waals surface area contributed by atoms with Crippen LogP contribution in [0.3, 0.4) is 0 Å². The minimum Gasteiger partial charge on any atom is -0.396 e. The van der Waals surface area contributed by atoms with Gasteiger partial charge < -0.3 is 5.11 Å². The van der Waals surface area contributed by atoms with Gasteiger partial charge in [-0.25, -0.2) is 13.1 Å². The average Bonchev–Trinajstić information content (AvgIpc) is 2.37. The molecule has 1 aromatic carbocycles. The molecule has 0 heterocycles. The van der Waals surface area contributed by atoms with Crippen LogP contribution in [-0.2, 0) is 10.0 Å². The molecule has 102 valence electrons. The van der Waals surface area contributed by atoms with E-state index in [0.29, 0.717) is 6.42 Å². The standard InChI is InChI=1S/C12H18FNO3S/c13-8-4-10-18(16,17)14-12(7-9-15)11-5-2-1-3-6-11/h1-3,5-6,12,14-15H,4,7-10H2/t12-/m1/s1. The first kappa shape index (κ1) is 15.1. The molecule has 0 fully saturated rings. The molecule has 0 aliphatic heterocycles. The van der Waals surface area contributed by atoms with E-state index in [1.54, 1.807) is 24.3 Å². The molecule has 0 radical (unpaired) electrons. The summed E-state index contributed by atoms with van der Waals surface area (Å²) in [6, 6.07) is 8.54. The Morgan fingerprint density at radius 1 is 1.28 bits per heavy atom. The Labute approximate surface area is 107 Å². The summed E-state index contributed by atoms with van der Waals surface area (Å²) < 4.78 is 37.9. The van der Waals surface area contributed by atoms with Gasteiger partial charge in [-0.05, 0) is 18.4 Å². The number of aliphatic hydroxyl groups excluding tert-OH is 1. The van der Waals surface area contributed by atoms with Gasteiger partial charge in [-0.2, -0.15) is 0 Å². The van der Waals surface area contributed by atoms with Crippen molar-refractivity contribution in [1.29, 1.82) is 0 Å². The van der Waals surface area contributed by atoms with Crippen molar-refractivity contribution in [1.82, 2.24) is 4.72 Å². The van der Waals surface area contributed by atoms with Gasteiger partial charge in [0.25, 0.3) is 0 Å². The fraction of sp³-hybridized carbons (Fsp3) is 0.500. The van der Waals surface area contributed by atoms with Crippen molar-refractivity contribution < 1.29 is 17.9 Å². The Hall–Kier alpha value is -0.980. The Balaban J connectivity index is 2.75. The van der Waals surface area contributed by atoms with E-state index in [4.69, 9.17) is 5.11 Å². The summed E-state index contributed by atoms with van der Waals surface area (Å²) in [4.78, 5) is 0. The molecule has 0 aromatic heterocycles. The molecule has 0 bridgehead atoms. The summed E-state index contributed by atoms with van der Waals surface area (Å²) in [6.07, 6.45) is 0.273. The quantitative estimate of drug-likeness (QED) is 0.753. The lowest BCUT2D eigenvalue weighted by atomic mass is 10.1. The normalized spacial score (nSPS) is 13.4. The highest BCUT2D eigenvalue weighted by atomic mass is 32.2. The second-order valence-electron chi connectivity index (χ2n) is 3.95. The van der Waals surface area contributed by atoms with Crippen LogP contribution in [0.15, 0.2) is 30.3 Å². The van der Waals surface area contributed by atoms with E-state index in [9.17, 15) is 12.8 Å². The third-order valence-corrected chi connectivity index (χ3v) is 3.96. The zero-order chi connectivity index (χ0) is 13.4. The van der Waals surface area contributed by atoms with Crippen LogP contribution in [0.2, 0.25) is 0 Å². The largest absolute Gasteiger partial charge is 0.396 e. The number of nitrogens with one attached hydrogen (secondary N) is 1. The van der Waals surface area contributed by atoms with Gasteiger partial charge in [-0.1, -0.05) is 30.3 Å². The Bertz CT molecular complexity index is 436. The summed E-state index contributed by atoms with van der Waals surface area (Å²) in [5.74, 6) is -0.238. The van der Waals surface area contributed by atoms with Gasteiger partial charge in [0.05, 0.1) is 12.4 Å². The van der Waals surface area contributed by atoms with Crippen molar-refractivity contribution in [3.05, 3.63) is 35.9 Å². The second kappa shape index (κ2) is 7.45. The summed E-state index contributed by atoms with van der Waals surface area (Å²) >= 11 is 0. The fourth-order valence-corrected chi connectivity index (χ4v) is 2.92. The first-order chi connectivity index (χ1) is 8.59. The molecule has 0 aliphatic rings. The Morgan fingerprint density at radius 2 is 1.94 bits per heavy atom. The highest BCUT2D eigenvalue weighted by Crippen LogP contribution is 2.17. The number of hydrogen-bond acceptors (Lipinski definition) is 3. The topological polar surface area (TPSA) is 66.4 Å². The number of hydrogen-bond donors (Lipinski definition) is 2. The molecule has 0 saturated carbocycles.